The monoisotopic (exact) mass is 267 g/mol. The molecule has 0 aromatic heterocycles. The third-order valence-electron chi connectivity index (χ3n) is 3.84. The standard InChI is InChI=1S/C18H37N/c1-5-9-11-13-16-18(15-12-10-6-2)19-17(8-4)14-7-3/h18H,5-16H2,1-4H3/b19-17-. The highest BCUT2D eigenvalue weighted by Crippen LogP contribution is 2.16. The van der Waals surface area contributed by atoms with Crippen LogP contribution in [0.5, 0.6) is 0 Å². The van der Waals surface area contributed by atoms with E-state index in [4.69, 9.17) is 4.99 Å². The summed E-state index contributed by atoms with van der Waals surface area (Å²) in [6.07, 6.45) is 15.8. The quantitative estimate of drug-likeness (QED) is 0.265. The Kier molecular flexibility index (Phi) is 13.8. The van der Waals surface area contributed by atoms with Gasteiger partial charge in [0.2, 0.25) is 0 Å². The van der Waals surface area contributed by atoms with E-state index in [0.717, 1.165) is 6.42 Å². The summed E-state index contributed by atoms with van der Waals surface area (Å²) in [5.74, 6) is 0. The molecule has 0 amide bonds. The molecule has 0 bridgehead atoms. The first-order chi connectivity index (χ1) is 9.28. The van der Waals surface area contributed by atoms with Crippen LogP contribution < -0.4 is 0 Å². The van der Waals surface area contributed by atoms with Gasteiger partial charge in [-0.1, -0.05) is 79.1 Å². The summed E-state index contributed by atoms with van der Waals surface area (Å²) < 4.78 is 0. The Hall–Kier alpha value is -0.330. The zero-order valence-corrected chi connectivity index (χ0v) is 14.0. The summed E-state index contributed by atoms with van der Waals surface area (Å²) in [4.78, 5) is 5.07. The van der Waals surface area contributed by atoms with Gasteiger partial charge in [-0.3, -0.25) is 4.99 Å². The Morgan fingerprint density at radius 2 is 1.32 bits per heavy atom. The predicted molar refractivity (Wildman–Crippen MR) is 89.3 cm³/mol. The number of aliphatic imine (C=N–C) groups is 1. The molecule has 1 unspecified atom stereocenters. The molecule has 0 N–H and O–H groups in total. The van der Waals surface area contributed by atoms with Crippen LogP contribution in [0.4, 0.5) is 0 Å². The molecule has 0 aromatic carbocycles. The lowest BCUT2D eigenvalue weighted by Gasteiger charge is -2.15. The van der Waals surface area contributed by atoms with Crippen LogP contribution in [0.1, 0.15) is 105 Å². The van der Waals surface area contributed by atoms with E-state index < -0.39 is 0 Å². The molecule has 0 saturated heterocycles. The van der Waals surface area contributed by atoms with Crippen molar-refractivity contribution in [3.8, 4) is 0 Å². The molecule has 0 heterocycles. The molecule has 1 heteroatoms. The van der Waals surface area contributed by atoms with Crippen molar-refractivity contribution in [2.75, 3.05) is 0 Å². The van der Waals surface area contributed by atoms with Crippen LogP contribution in [0.15, 0.2) is 4.99 Å². The second-order valence-electron chi connectivity index (χ2n) is 5.80. The van der Waals surface area contributed by atoms with E-state index in [2.05, 4.69) is 27.7 Å². The van der Waals surface area contributed by atoms with Crippen molar-refractivity contribution in [1.29, 1.82) is 0 Å². The van der Waals surface area contributed by atoms with Gasteiger partial charge in [0.05, 0.1) is 0 Å². The summed E-state index contributed by atoms with van der Waals surface area (Å²) >= 11 is 0. The Morgan fingerprint density at radius 1 is 0.737 bits per heavy atom. The van der Waals surface area contributed by atoms with Gasteiger partial charge in [0.15, 0.2) is 0 Å². The minimum atomic E-state index is 0.616. The zero-order valence-electron chi connectivity index (χ0n) is 14.0. The van der Waals surface area contributed by atoms with E-state index in [1.807, 2.05) is 0 Å². The summed E-state index contributed by atoms with van der Waals surface area (Å²) in [6, 6.07) is 0.616. The van der Waals surface area contributed by atoms with E-state index in [9.17, 15) is 0 Å². The Balaban J connectivity index is 4.21. The lowest BCUT2D eigenvalue weighted by Crippen LogP contribution is -2.09. The molecule has 19 heavy (non-hydrogen) atoms. The first-order valence-electron chi connectivity index (χ1n) is 8.83. The van der Waals surface area contributed by atoms with E-state index in [0.29, 0.717) is 6.04 Å². The number of unbranched alkanes of at least 4 members (excludes halogenated alkanes) is 5. The molecular formula is C18H37N. The molecule has 1 atom stereocenters. The molecule has 1 nitrogen and oxygen atoms in total. The van der Waals surface area contributed by atoms with Crippen molar-refractivity contribution < 1.29 is 0 Å². The molecule has 0 aliphatic carbocycles. The van der Waals surface area contributed by atoms with Crippen LogP contribution in [0.2, 0.25) is 0 Å². The normalized spacial score (nSPS) is 13.8. The molecule has 0 aliphatic rings. The summed E-state index contributed by atoms with van der Waals surface area (Å²) in [5.41, 5.74) is 1.46. The maximum Gasteiger partial charge on any atom is 0.0499 e. The second-order valence-corrected chi connectivity index (χ2v) is 5.80. The van der Waals surface area contributed by atoms with Crippen LogP contribution >= 0.6 is 0 Å². The highest BCUT2D eigenvalue weighted by molar-refractivity contribution is 5.84. The highest BCUT2D eigenvalue weighted by atomic mass is 14.8. The number of nitrogens with zero attached hydrogens (tertiary/aromatic N) is 1. The van der Waals surface area contributed by atoms with Crippen LogP contribution in [0.3, 0.4) is 0 Å². The third kappa shape index (κ3) is 11.2. The fourth-order valence-electron chi connectivity index (χ4n) is 2.59. The fourth-order valence-corrected chi connectivity index (χ4v) is 2.59. The third-order valence-corrected chi connectivity index (χ3v) is 3.84. The Morgan fingerprint density at radius 3 is 1.84 bits per heavy atom. The molecule has 0 saturated carbocycles. The van der Waals surface area contributed by atoms with Crippen LogP contribution in [-0.4, -0.2) is 11.8 Å². The minimum absolute atomic E-state index is 0.616. The fraction of sp³-hybridized carbons (Fsp3) is 0.944. The smallest absolute Gasteiger partial charge is 0.0499 e. The largest absolute Gasteiger partial charge is 0.291 e. The van der Waals surface area contributed by atoms with Gasteiger partial charge in [0, 0.05) is 11.8 Å². The molecule has 0 aromatic rings. The molecule has 0 rings (SSSR count). The molecule has 0 radical (unpaired) electrons. The average molecular weight is 268 g/mol. The first kappa shape index (κ1) is 18.7. The van der Waals surface area contributed by atoms with Gasteiger partial charge in [-0.05, 0) is 25.7 Å². The van der Waals surface area contributed by atoms with Gasteiger partial charge in [-0.15, -0.1) is 0 Å². The van der Waals surface area contributed by atoms with Crippen LogP contribution in [-0.2, 0) is 0 Å². The lowest BCUT2D eigenvalue weighted by atomic mass is 10.0. The van der Waals surface area contributed by atoms with Crippen molar-refractivity contribution in [2.45, 2.75) is 111 Å². The van der Waals surface area contributed by atoms with Gasteiger partial charge < -0.3 is 0 Å². The molecule has 114 valence electrons. The SMILES string of the molecule is CCCCCCC(CCCCC)/N=C(/CC)CCC. The zero-order chi connectivity index (χ0) is 14.3. The van der Waals surface area contributed by atoms with Crippen molar-refractivity contribution >= 4 is 5.71 Å². The predicted octanol–water partition coefficient (Wildman–Crippen LogP) is 6.56. The van der Waals surface area contributed by atoms with Crippen molar-refractivity contribution in [3.05, 3.63) is 0 Å². The van der Waals surface area contributed by atoms with Crippen LogP contribution in [0.25, 0.3) is 0 Å². The van der Waals surface area contributed by atoms with Gasteiger partial charge in [-0.25, -0.2) is 0 Å². The number of hydrogen-bond donors (Lipinski definition) is 0. The van der Waals surface area contributed by atoms with E-state index >= 15 is 0 Å². The topological polar surface area (TPSA) is 12.4 Å². The molecule has 0 spiro atoms. The van der Waals surface area contributed by atoms with E-state index in [1.165, 1.54) is 76.3 Å². The summed E-state index contributed by atoms with van der Waals surface area (Å²) in [5, 5.41) is 0. The number of hydrogen-bond acceptors (Lipinski definition) is 1. The minimum Gasteiger partial charge on any atom is -0.291 e. The van der Waals surface area contributed by atoms with E-state index in [-0.39, 0.29) is 0 Å². The van der Waals surface area contributed by atoms with Gasteiger partial charge in [0.25, 0.3) is 0 Å². The van der Waals surface area contributed by atoms with Crippen molar-refractivity contribution in [3.63, 3.8) is 0 Å². The maximum atomic E-state index is 5.07. The highest BCUT2D eigenvalue weighted by Gasteiger charge is 2.08. The maximum absolute atomic E-state index is 5.07. The summed E-state index contributed by atoms with van der Waals surface area (Å²) in [6.45, 7) is 9.09. The molecular weight excluding hydrogens is 230 g/mol. The Labute approximate surface area is 122 Å². The van der Waals surface area contributed by atoms with Gasteiger partial charge in [0.1, 0.15) is 0 Å². The second kappa shape index (κ2) is 14.1. The molecule has 0 fully saturated rings. The first-order valence-corrected chi connectivity index (χ1v) is 8.83. The van der Waals surface area contributed by atoms with Gasteiger partial charge in [-0.2, -0.15) is 0 Å². The van der Waals surface area contributed by atoms with Crippen molar-refractivity contribution in [1.82, 2.24) is 0 Å². The summed E-state index contributed by atoms with van der Waals surface area (Å²) in [7, 11) is 0. The van der Waals surface area contributed by atoms with Crippen LogP contribution in [0, 0.1) is 0 Å². The van der Waals surface area contributed by atoms with Gasteiger partial charge >= 0.3 is 0 Å². The Bertz CT molecular complexity index is 208. The lowest BCUT2D eigenvalue weighted by molar-refractivity contribution is 0.498. The molecule has 0 aliphatic heterocycles. The number of rotatable bonds is 13. The van der Waals surface area contributed by atoms with E-state index in [1.54, 1.807) is 0 Å². The average Bonchev–Trinajstić information content (AvgIpc) is 2.42. The van der Waals surface area contributed by atoms with Crippen molar-refractivity contribution in [2.24, 2.45) is 4.99 Å².